The van der Waals surface area contributed by atoms with Crippen LogP contribution in [0, 0.1) is 0 Å². The lowest BCUT2D eigenvalue weighted by molar-refractivity contribution is -0.120. The normalized spacial score (nSPS) is 11.0. The Morgan fingerprint density at radius 2 is 2.32 bits per heavy atom. The Morgan fingerprint density at radius 1 is 1.48 bits per heavy atom. The Kier molecular flexibility index (Phi) is 5.13. The van der Waals surface area contributed by atoms with Gasteiger partial charge in [-0.3, -0.25) is 9.59 Å². The van der Waals surface area contributed by atoms with Crippen molar-refractivity contribution >= 4 is 27.3 Å². The molecule has 0 unspecified atom stereocenters. The topological polar surface area (TPSA) is 92.7 Å². The van der Waals surface area contributed by atoms with E-state index in [9.17, 15) is 9.59 Å². The Morgan fingerprint density at radius 3 is 3.04 bits per heavy atom. The van der Waals surface area contributed by atoms with Crippen LogP contribution < -0.4 is 15.8 Å². The third kappa shape index (κ3) is 4.05. The van der Waals surface area contributed by atoms with Gasteiger partial charge in [0.2, 0.25) is 16.0 Å². The number of carbonyl (C=O) groups excluding carboxylic acids is 1. The Hall–Kier alpha value is -2.68. The van der Waals surface area contributed by atoms with Gasteiger partial charge >= 0.3 is 0 Å². The second kappa shape index (κ2) is 7.47. The van der Waals surface area contributed by atoms with Gasteiger partial charge in [0.25, 0.3) is 5.56 Å². The molecule has 0 aromatic carbocycles. The fourth-order valence-electron chi connectivity index (χ4n) is 2.32. The largest absolute Gasteiger partial charge is 0.467 e. The number of carbonyl (C=O) groups is 1. The summed E-state index contributed by atoms with van der Waals surface area (Å²) in [4.78, 5) is 30.9. The summed E-state index contributed by atoms with van der Waals surface area (Å²) in [6, 6.07) is 5.08. The molecule has 0 bridgehead atoms. The molecule has 1 amide bonds. The van der Waals surface area contributed by atoms with Gasteiger partial charge in [-0.05, 0) is 18.6 Å². The molecule has 25 heavy (non-hydrogen) atoms. The lowest BCUT2D eigenvalue weighted by Crippen LogP contribution is -2.34. The first-order valence-corrected chi connectivity index (χ1v) is 8.78. The third-order valence-corrected chi connectivity index (χ3v) is 4.56. The molecule has 3 aromatic rings. The maximum Gasteiger partial charge on any atom is 0.275 e. The first-order valence-electron chi connectivity index (χ1n) is 7.97. The zero-order valence-corrected chi connectivity index (χ0v) is 14.9. The summed E-state index contributed by atoms with van der Waals surface area (Å²) in [7, 11) is 1.75. The van der Waals surface area contributed by atoms with Crippen LogP contribution in [-0.4, -0.2) is 34.1 Å². The molecule has 8 nitrogen and oxygen atoms in total. The summed E-state index contributed by atoms with van der Waals surface area (Å²) in [6.07, 6.45) is 3.24. The summed E-state index contributed by atoms with van der Waals surface area (Å²) >= 11 is 1.29. The minimum absolute atomic E-state index is 0.122. The molecule has 0 spiro atoms. The molecule has 0 saturated carbocycles. The predicted octanol–water partition coefficient (Wildman–Crippen LogP) is 1.45. The summed E-state index contributed by atoms with van der Waals surface area (Å²) in [5.41, 5.74) is 0.563. The Labute approximate surface area is 148 Å². The number of furan rings is 1. The smallest absolute Gasteiger partial charge is 0.275 e. The van der Waals surface area contributed by atoms with Crippen molar-refractivity contribution in [1.82, 2.24) is 19.9 Å². The van der Waals surface area contributed by atoms with Crippen molar-refractivity contribution in [3.63, 3.8) is 0 Å². The van der Waals surface area contributed by atoms with Gasteiger partial charge < -0.3 is 14.6 Å². The van der Waals surface area contributed by atoms with E-state index in [0.29, 0.717) is 22.4 Å². The maximum absolute atomic E-state index is 12.1. The molecular formula is C16H19N5O3S. The second-order valence-corrected chi connectivity index (χ2v) is 6.56. The molecule has 0 aliphatic carbocycles. The minimum atomic E-state index is -0.202. The lowest BCUT2D eigenvalue weighted by Gasteiger charge is -2.14. The molecule has 1 N–H and O–H groups in total. The van der Waals surface area contributed by atoms with Crippen LogP contribution in [0.25, 0.3) is 4.96 Å². The highest BCUT2D eigenvalue weighted by molar-refractivity contribution is 7.20. The first-order chi connectivity index (χ1) is 12.1. The van der Waals surface area contributed by atoms with Crippen molar-refractivity contribution in [3.8, 4) is 0 Å². The van der Waals surface area contributed by atoms with E-state index >= 15 is 0 Å². The van der Waals surface area contributed by atoms with E-state index in [4.69, 9.17) is 4.42 Å². The zero-order chi connectivity index (χ0) is 17.8. The molecule has 0 aliphatic rings. The number of hydrogen-bond acceptors (Lipinski definition) is 7. The van der Waals surface area contributed by atoms with E-state index < -0.39 is 0 Å². The number of aryl methyl sites for hydroxylation is 1. The summed E-state index contributed by atoms with van der Waals surface area (Å²) in [5.74, 6) is 0.528. The van der Waals surface area contributed by atoms with Crippen LogP contribution in [0.2, 0.25) is 0 Å². The van der Waals surface area contributed by atoms with E-state index in [1.807, 2.05) is 6.92 Å². The highest BCUT2D eigenvalue weighted by Crippen LogP contribution is 2.20. The fraction of sp³-hybridized carbons (Fsp3) is 0.375. The quantitative estimate of drug-likeness (QED) is 0.685. The monoisotopic (exact) mass is 361 g/mol. The maximum atomic E-state index is 12.1. The van der Waals surface area contributed by atoms with Crippen LogP contribution in [0.15, 0.2) is 33.7 Å². The number of nitrogens with one attached hydrogen (secondary N) is 1. The van der Waals surface area contributed by atoms with Crippen molar-refractivity contribution in [2.75, 3.05) is 18.5 Å². The number of likely N-dealkylation sites (N-methyl/N-ethyl adjacent to an activating group) is 1. The molecule has 0 radical (unpaired) electrons. The molecular weight excluding hydrogens is 342 g/mol. The lowest BCUT2D eigenvalue weighted by atomic mass is 10.2. The number of amides is 1. The van der Waals surface area contributed by atoms with Crippen LogP contribution in [-0.2, 0) is 17.8 Å². The minimum Gasteiger partial charge on any atom is -0.467 e. The van der Waals surface area contributed by atoms with Crippen molar-refractivity contribution in [1.29, 1.82) is 0 Å². The van der Waals surface area contributed by atoms with Crippen molar-refractivity contribution in [3.05, 3.63) is 46.3 Å². The van der Waals surface area contributed by atoms with E-state index in [-0.39, 0.29) is 18.0 Å². The molecule has 9 heteroatoms. The van der Waals surface area contributed by atoms with E-state index in [1.165, 1.54) is 21.9 Å². The highest BCUT2D eigenvalue weighted by Gasteiger charge is 2.14. The number of anilines is 1. The second-order valence-electron chi connectivity index (χ2n) is 5.63. The number of fused-ring (bicyclic) bond motifs is 1. The van der Waals surface area contributed by atoms with Crippen molar-refractivity contribution in [2.45, 2.75) is 26.3 Å². The zero-order valence-electron chi connectivity index (χ0n) is 14.1. The third-order valence-electron chi connectivity index (χ3n) is 3.54. The molecule has 3 aromatic heterocycles. The van der Waals surface area contributed by atoms with Crippen LogP contribution in [0.3, 0.4) is 0 Å². The average molecular weight is 361 g/mol. The van der Waals surface area contributed by atoms with E-state index in [1.54, 1.807) is 30.3 Å². The average Bonchev–Trinajstić information content (AvgIpc) is 3.23. The van der Waals surface area contributed by atoms with Crippen molar-refractivity contribution in [2.24, 2.45) is 0 Å². The van der Waals surface area contributed by atoms with Gasteiger partial charge in [0.1, 0.15) is 5.76 Å². The van der Waals surface area contributed by atoms with Crippen LogP contribution >= 0.6 is 11.3 Å². The molecule has 3 heterocycles. The van der Waals surface area contributed by atoms with Gasteiger partial charge in [-0.1, -0.05) is 24.7 Å². The highest BCUT2D eigenvalue weighted by atomic mass is 32.1. The number of aromatic nitrogens is 3. The predicted molar refractivity (Wildman–Crippen MR) is 95.0 cm³/mol. The Bertz CT molecular complexity index is 916. The van der Waals surface area contributed by atoms with Crippen LogP contribution in [0.5, 0.6) is 0 Å². The molecule has 3 rings (SSSR count). The molecule has 132 valence electrons. The Balaban J connectivity index is 1.69. The van der Waals surface area contributed by atoms with Gasteiger partial charge in [0.05, 0.1) is 19.4 Å². The molecule has 0 saturated heterocycles. The van der Waals surface area contributed by atoms with Crippen LogP contribution in [0.4, 0.5) is 5.13 Å². The van der Waals surface area contributed by atoms with Gasteiger partial charge in [-0.15, -0.1) is 5.10 Å². The number of rotatable bonds is 7. The summed E-state index contributed by atoms with van der Waals surface area (Å²) in [6.45, 7) is 2.49. The molecule has 0 atom stereocenters. The van der Waals surface area contributed by atoms with Gasteiger partial charge in [-0.25, -0.2) is 4.98 Å². The van der Waals surface area contributed by atoms with Gasteiger partial charge in [0, 0.05) is 18.8 Å². The van der Waals surface area contributed by atoms with E-state index in [0.717, 1.165) is 18.5 Å². The standard InChI is InChI=1S/C16H19N5O3S/c1-3-5-11-8-14(23)21-15(18-11)25-16(19-21)20(2)10-13(22)17-9-12-6-4-7-24-12/h4,6-8H,3,5,9-10H2,1-2H3,(H,17,22). The molecule has 0 aliphatic heterocycles. The summed E-state index contributed by atoms with van der Waals surface area (Å²) < 4.78 is 6.45. The molecule has 0 fully saturated rings. The summed E-state index contributed by atoms with van der Waals surface area (Å²) in [5, 5.41) is 7.60. The number of nitrogens with zero attached hydrogens (tertiary/aromatic N) is 4. The van der Waals surface area contributed by atoms with Crippen LogP contribution in [0.1, 0.15) is 24.8 Å². The number of hydrogen-bond donors (Lipinski definition) is 1. The SMILES string of the molecule is CCCc1cc(=O)n2nc(N(C)CC(=O)NCc3ccco3)sc2n1. The fourth-order valence-corrected chi connectivity index (χ4v) is 3.21. The van der Waals surface area contributed by atoms with Gasteiger partial charge in [0.15, 0.2) is 0 Å². The van der Waals surface area contributed by atoms with Crippen molar-refractivity contribution < 1.29 is 9.21 Å². The van der Waals surface area contributed by atoms with E-state index in [2.05, 4.69) is 15.4 Å². The van der Waals surface area contributed by atoms with Gasteiger partial charge in [-0.2, -0.15) is 4.52 Å². The first kappa shape index (κ1) is 17.2.